The highest BCUT2D eigenvalue weighted by molar-refractivity contribution is 5.97. The third kappa shape index (κ3) is 11.6. The van der Waals surface area contributed by atoms with Crippen molar-refractivity contribution in [2.45, 2.75) is 97.1 Å². The predicted octanol–water partition coefficient (Wildman–Crippen LogP) is 7.35. The first kappa shape index (κ1) is 35.2. The molecule has 11 heteroatoms. The Labute approximate surface area is 266 Å². The van der Waals surface area contributed by atoms with Crippen LogP contribution in [0.25, 0.3) is 0 Å². The summed E-state index contributed by atoms with van der Waals surface area (Å²) in [6.07, 6.45) is 11.4. The van der Waals surface area contributed by atoms with Crippen LogP contribution in [0.1, 0.15) is 106 Å². The molecule has 4 N–H and O–H groups in total. The maximum Gasteiger partial charge on any atom is 0.411 e. The lowest BCUT2D eigenvalue weighted by molar-refractivity contribution is -0.114. The molecule has 2 aromatic carbocycles. The second-order valence-corrected chi connectivity index (χ2v) is 11.2. The summed E-state index contributed by atoms with van der Waals surface area (Å²) in [6.45, 7) is 5.62. The van der Waals surface area contributed by atoms with Crippen molar-refractivity contribution in [3.05, 3.63) is 47.5 Å². The van der Waals surface area contributed by atoms with Crippen LogP contribution in [-0.2, 0) is 19.0 Å². The molecule has 2 amide bonds. The Bertz CT molecular complexity index is 1290. The Hall–Kier alpha value is -4.28. The largest absolute Gasteiger partial charge is 0.462 e. The van der Waals surface area contributed by atoms with Crippen molar-refractivity contribution in [2.24, 2.45) is 0 Å². The molecule has 2 saturated carbocycles. The van der Waals surface area contributed by atoms with Gasteiger partial charge in [-0.2, -0.15) is 0 Å². The lowest BCUT2D eigenvalue weighted by Crippen LogP contribution is -2.23. The fourth-order valence-electron chi connectivity index (χ4n) is 5.51. The molecule has 0 heterocycles. The van der Waals surface area contributed by atoms with Gasteiger partial charge in [0.2, 0.25) is 5.91 Å². The number of hydrogen-bond donors (Lipinski definition) is 4. The van der Waals surface area contributed by atoms with Crippen LogP contribution in [-0.4, -0.2) is 56.3 Å². The third-order valence-corrected chi connectivity index (χ3v) is 7.72. The third-order valence-electron chi connectivity index (χ3n) is 7.72. The standard InChI is InChI=1S/C17H24N2O4.C17H24N2O3/c1-3-23-16(20)12-9-10-14(15(11-12)19-17(21)22-2)18-13-7-5-4-6-8-13;1-3-22-17(21)13-9-10-15(16(11-13)18-12(2)20)19-14-7-5-4-6-8-14/h9-11,13,18H,3-8H2,1-2H3,(H,19,21);9-11,14,19H,3-8H2,1-2H3,(H,18,20). The molecule has 246 valence electrons. The Morgan fingerprint density at radius 1 is 0.644 bits per heavy atom. The van der Waals surface area contributed by atoms with Gasteiger partial charge in [-0.05, 0) is 75.9 Å². The van der Waals surface area contributed by atoms with E-state index in [1.165, 1.54) is 52.6 Å². The summed E-state index contributed by atoms with van der Waals surface area (Å²) in [4.78, 5) is 46.7. The molecule has 0 bridgehead atoms. The molecule has 0 spiro atoms. The number of esters is 2. The topological polar surface area (TPSA) is 144 Å². The van der Waals surface area contributed by atoms with Gasteiger partial charge in [-0.15, -0.1) is 0 Å². The van der Waals surface area contributed by atoms with E-state index in [-0.39, 0.29) is 11.9 Å². The van der Waals surface area contributed by atoms with Gasteiger partial charge in [-0.1, -0.05) is 38.5 Å². The minimum Gasteiger partial charge on any atom is -0.462 e. The molecule has 2 aromatic rings. The van der Waals surface area contributed by atoms with Crippen LogP contribution in [0.2, 0.25) is 0 Å². The molecule has 0 saturated heterocycles. The van der Waals surface area contributed by atoms with Gasteiger partial charge in [0.15, 0.2) is 0 Å². The first-order chi connectivity index (χ1) is 21.7. The van der Waals surface area contributed by atoms with Gasteiger partial charge in [0.25, 0.3) is 0 Å². The second kappa shape index (κ2) is 18.5. The number of nitrogens with one attached hydrogen (secondary N) is 4. The van der Waals surface area contributed by atoms with Crippen molar-refractivity contribution in [3.8, 4) is 0 Å². The highest BCUT2D eigenvalue weighted by Crippen LogP contribution is 2.30. The van der Waals surface area contributed by atoms with Crippen LogP contribution in [0.5, 0.6) is 0 Å². The number of benzene rings is 2. The summed E-state index contributed by atoms with van der Waals surface area (Å²) >= 11 is 0. The fraction of sp³-hybridized carbons (Fsp3) is 0.529. The van der Waals surface area contributed by atoms with E-state index in [4.69, 9.17) is 9.47 Å². The molecule has 0 aliphatic heterocycles. The average molecular weight is 625 g/mol. The van der Waals surface area contributed by atoms with E-state index in [2.05, 4.69) is 26.0 Å². The van der Waals surface area contributed by atoms with Gasteiger partial charge in [0.05, 0.1) is 54.2 Å². The van der Waals surface area contributed by atoms with Crippen molar-refractivity contribution in [3.63, 3.8) is 0 Å². The maximum absolute atomic E-state index is 11.9. The van der Waals surface area contributed by atoms with Gasteiger partial charge >= 0.3 is 18.0 Å². The molecule has 2 aliphatic carbocycles. The lowest BCUT2D eigenvalue weighted by atomic mass is 9.95. The number of amides is 2. The van der Waals surface area contributed by atoms with Crippen molar-refractivity contribution in [2.75, 3.05) is 41.6 Å². The van der Waals surface area contributed by atoms with Crippen LogP contribution < -0.4 is 21.3 Å². The van der Waals surface area contributed by atoms with Crippen molar-refractivity contribution >= 4 is 46.7 Å². The molecule has 2 aliphatic rings. The number of carbonyl (C=O) groups is 4. The van der Waals surface area contributed by atoms with Crippen molar-refractivity contribution in [1.29, 1.82) is 0 Å². The van der Waals surface area contributed by atoms with Crippen LogP contribution in [0.3, 0.4) is 0 Å². The summed E-state index contributed by atoms with van der Waals surface area (Å²) in [6, 6.07) is 11.2. The monoisotopic (exact) mass is 624 g/mol. The SMILES string of the molecule is CCOC(=O)c1ccc(NC2CCCCC2)c(NC(=O)OC)c1.CCOC(=O)c1ccc(NC2CCCCC2)c(NC(C)=O)c1. The molecular formula is C34H48N4O7. The van der Waals surface area contributed by atoms with Crippen LogP contribution in [0, 0.1) is 0 Å². The normalized spacial score (nSPS) is 15.0. The van der Waals surface area contributed by atoms with Gasteiger partial charge in [0.1, 0.15) is 0 Å². The van der Waals surface area contributed by atoms with Gasteiger partial charge in [-0.3, -0.25) is 10.1 Å². The highest BCUT2D eigenvalue weighted by Gasteiger charge is 2.19. The van der Waals surface area contributed by atoms with E-state index in [0.717, 1.165) is 37.1 Å². The number of methoxy groups -OCH3 is 1. The Morgan fingerprint density at radius 2 is 1.07 bits per heavy atom. The zero-order chi connectivity index (χ0) is 32.6. The van der Waals surface area contributed by atoms with Gasteiger partial charge in [0, 0.05) is 19.0 Å². The Morgan fingerprint density at radius 3 is 1.44 bits per heavy atom. The number of rotatable bonds is 10. The molecule has 45 heavy (non-hydrogen) atoms. The van der Waals surface area contributed by atoms with Crippen LogP contribution in [0.15, 0.2) is 36.4 Å². The first-order valence-corrected chi connectivity index (χ1v) is 16.0. The van der Waals surface area contributed by atoms with E-state index in [1.807, 2.05) is 6.07 Å². The van der Waals surface area contributed by atoms with E-state index >= 15 is 0 Å². The van der Waals surface area contributed by atoms with Crippen molar-refractivity contribution < 1.29 is 33.4 Å². The minimum atomic E-state index is -0.572. The summed E-state index contributed by atoms with van der Waals surface area (Å²) in [5, 5.41) is 12.4. The molecule has 11 nitrogen and oxygen atoms in total. The van der Waals surface area contributed by atoms with Gasteiger partial charge < -0.3 is 30.2 Å². The number of ether oxygens (including phenoxy) is 3. The zero-order valence-electron chi connectivity index (χ0n) is 27.0. The highest BCUT2D eigenvalue weighted by atomic mass is 16.5. The number of hydrogen-bond acceptors (Lipinski definition) is 9. The maximum atomic E-state index is 11.9. The molecule has 0 aromatic heterocycles. The van der Waals surface area contributed by atoms with Crippen LogP contribution >= 0.6 is 0 Å². The smallest absolute Gasteiger partial charge is 0.411 e. The molecule has 0 unspecified atom stereocenters. The second-order valence-electron chi connectivity index (χ2n) is 11.2. The molecule has 2 fully saturated rings. The Balaban J connectivity index is 0.000000246. The fourth-order valence-corrected chi connectivity index (χ4v) is 5.51. The van der Waals surface area contributed by atoms with Crippen molar-refractivity contribution in [1.82, 2.24) is 0 Å². The van der Waals surface area contributed by atoms with Crippen LogP contribution in [0.4, 0.5) is 27.5 Å². The minimum absolute atomic E-state index is 0.160. The first-order valence-electron chi connectivity index (χ1n) is 16.0. The summed E-state index contributed by atoms with van der Waals surface area (Å²) < 4.78 is 14.7. The number of carbonyl (C=O) groups excluding carboxylic acids is 4. The molecule has 0 atom stereocenters. The lowest BCUT2D eigenvalue weighted by Gasteiger charge is -2.25. The molecular weight excluding hydrogens is 576 g/mol. The average Bonchev–Trinajstić information content (AvgIpc) is 3.04. The summed E-state index contributed by atoms with van der Waals surface area (Å²) in [5.74, 6) is -0.948. The zero-order valence-corrected chi connectivity index (χ0v) is 27.0. The predicted molar refractivity (Wildman–Crippen MR) is 176 cm³/mol. The van der Waals surface area contributed by atoms with E-state index in [1.54, 1.807) is 44.2 Å². The number of anilines is 4. The van der Waals surface area contributed by atoms with Gasteiger partial charge in [-0.25, -0.2) is 14.4 Å². The summed E-state index contributed by atoms with van der Waals surface area (Å²) in [7, 11) is 1.30. The van der Waals surface area contributed by atoms with E-state index in [9.17, 15) is 19.2 Å². The summed E-state index contributed by atoms with van der Waals surface area (Å²) in [5.41, 5.74) is 3.63. The van der Waals surface area contributed by atoms with E-state index in [0.29, 0.717) is 47.8 Å². The van der Waals surface area contributed by atoms with E-state index < -0.39 is 12.1 Å². The quantitative estimate of drug-likeness (QED) is 0.157. The molecule has 4 rings (SSSR count). The molecule has 0 radical (unpaired) electrons. The Kier molecular flexibility index (Phi) is 14.5.